The fraction of sp³-hybridized carbons (Fsp3) is 0.778. The summed E-state index contributed by atoms with van der Waals surface area (Å²) >= 11 is 0. The van der Waals surface area contributed by atoms with E-state index in [0.717, 1.165) is 6.42 Å². The van der Waals surface area contributed by atoms with Gasteiger partial charge in [-0.25, -0.2) is 4.79 Å². The van der Waals surface area contributed by atoms with Crippen molar-refractivity contribution in [2.75, 3.05) is 6.54 Å². The Morgan fingerprint density at radius 2 is 2.00 bits per heavy atom. The van der Waals surface area contributed by atoms with Crippen molar-refractivity contribution in [1.82, 2.24) is 10.6 Å². The average molecular weight is 202 g/mol. The van der Waals surface area contributed by atoms with E-state index in [2.05, 4.69) is 10.6 Å². The monoisotopic (exact) mass is 202 g/mol. The number of carboxylic acids is 1. The second-order valence-corrected chi connectivity index (χ2v) is 3.10. The lowest BCUT2D eigenvalue weighted by atomic mass is 10.1. The third kappa shape index (κ3) is 6.28. The van der Waals surface area contributed by atoms with E-state index in [-0.39, 0.29) is 18.5 Å². The first-order chi connectivity index (χ1) is 6.60. The average Bonchev–Trinajstić information content (AvgIpc) is 2.12. The van der Waals surface area contributed by atoms with E-state index in [1.807, 2.05) is 13.8 Å². The topological polar surface area (TPSA) is 78.4 Å². The van der Waals surface area contributed by atoms with Gasteiger partial charge in [-0.1, -0.05) is 13.8 Å². The van der Waals surface area contributed by atoms with Crippen molar-refractivity contribution in [3.05, 3.63) is 0 Å². The lowest BCUT2D eigenvalue weighted by Gasteiger charge is -2.14. The highest BCUT2D eigenvalue weighted by Crippen LogP contribution is 1.96. The van der Waals surface area contributed by atoms with E-state index in [4.69, 9.17) is 5.11 Å². The van der Waals surface area contributed by atoms with Gasteiger partial charge in [-0.15, -0.1) is 0 Å². The van der Waals surface area contributed by atoms with Crippen LogP contribution in [-0.4, -0.2) is 29.7 Å². The van der Waals surface area contributed by atoms with Crippen molar-refractivity contribution in [3.63, 3.8) is 0 Å². The third-order valence-electron chi connectivity index (χ3n) is 1.78. The molecule has 0 aromatic carbocycles. The maximum atomic E-state index is 11.1. The first-order valence-corrected chi connectivity index (χ1v) is 4.86. The van der Waals surface area contributed by atoms with Gasteiger partial charge in [-0.05, 0) is 12.8 Å². The summed E-state index contributed by atoms with van der Waals surface area (Å²) in [6.07, 6.45) is 1.45. The van der Waals surface area contributed by atoms with Crippen LogP contribution in [0.3, 0.4) is 0 Å². The number of carboxylic acid groups (broad SMARTS) is 1. The van der Waals surface area contributed by atoms with Crippen molar-refractivity contribution in [2.24, 2.45) is 0 Å². The lowest BCUT2D eigenvalue weighted by Crippen LogP contribution is -2.42. The summed E-state index contributed by atoms with van der Waals surface area (Å²) in [5.41, 5.74) is 0. The summed E-state index contributed by atoms with van der Waals surface area (Å²) < 4.78 is 0. The molecule has 0 radical (unpaired) electrons. The summed E-state index contributed by atoms with van der Waals surface area (Å²) in [5.74, 6) is -0.896. The Hall–Kier alpha value is -1.26. The number of nitrogens with one attached hydrogen (secondary N) is 2. The molecular weight excluding hydrogens is 184 g/mol. The van der Waals surface area contributed by atoms with E-state index >= 15 is 0 Å². The summed E-state index contributed by atoms with van der Waals surface area (Å²) in [7, 11) is 0. The Kier molecular flexibility index (Phi) is 6.53. The molecule has 0 spiro atoms. The highest BCUT2D eigenvalue weighted by molar-refractivity contribution is 5.75. The van der Waals surface area contributed by atoms with Crippen LogP contribution in [0.4, 0.5) is 4.79 Å². The minimum Gasteiger partial charge on any atom is -0.481 e. The van der Waals surface area contributed by atoms with Crippen molar-refractivity contribution < 1.29 is 14.7 Å². The van der Waals surface area contributed by atoms with Crippen LogP contribution in [0.5, 0.6) is 0 Å². The van der Waals surface area contributed by atoms with E-state index in [1.54, 1.807) is 0 Å². The van der Waals surface area contributed by atoms with Gasteiger partial charge in [-0.2, -0.15) is 0 Å². The van der Waals surface area contributed by atoms with Crippen LogP contribution in [0.2, 0.25) is 0 Å². The Balaban J connectivity index is 3.80. The molecule has 2 amide bonds. The molecule has 0 fully saturated rings. The Labute approximate surface area is 83.9 Å². The molecule has 0 bridgehead atoms. The van der Waals surface area contributed by atoms with Crippen LogP contribution in [0, 0.1) is 0 Å². The first kappa shape index (κ1) is 12.7. The van der Waals surface area contributed by atoms with Crippen LogP contribution in [0.1, 0.15) is 33.1 Å². The van der Waals surface area contributed by atoms with E-state index in [0.29, 0.717) is 13.0 Å². The van der Waals surface area contributed by atoms with Crippen molar-refractivity contribution >= 4 is 12.0 Å². The second-order valence-electron chi connectivity index (χ2n) is 3.10. The van der Waals surface area contributed by atoms with Crippen LogP contribution in [-0.2, 0) is 4.79 Å². The van der Waals surface area contributed by atoms with Gasteiger partial charge in [-0.3, -0.25) is 4.79 Å². The minimum absolute atomic E-state index is 0.0317. The molecule has 0 aliphatic carbocycles. The van der Waals surface area contributed by atoms with Crippen molar-refractivity contribution in [3.8, 4) is 0 Å². The molecule has 0 rings (SSSR count). The predicted molar refractivity (Wildman–Crippen MR) is 53.2 cm³/mol. The number of amides is 2. The van der Waals surface area contributed by atoms with Crippen LogP contribution in [0.15, 0.2) is 0 Å². The molecule has 0 aromatic rings. The lowest BCUT2D eigenvalue weighted by molar-refractivity contribution is -0.137. The molecule has 1 atom stereocenters. The Morgan fingerprint density at radius 3 is 2.43 bits per heavy atom. The zero-order chi connectivity index (χ0) is 11.0. The number of hydrogen-bond acceptors (Lipinski definition) is 2. The number of hydrogen-bond donors (Lipinski definition) is 3. The van der Waals surface area contributed by atoms with Gasteiger partial charge < -0.3 is 15.7 Å². The molecule has 0 saturated carbocycles. The van der Waals surface area contributed by atoms with Crippen LogP contribution >= 0.6 is 0 Å². The summed E-state index contributed by atoms with van der Waals surface area (Å²) in [5, 5.41) is 13.8. The summed E-state index contributed by atoms with van der Waals surface area (Å²) in [6.45, 7) is 4.40. The molecule has 0 aromatic heterocycles. The van der Waals surface area contributed by atoms with Gasteiger partial charge in [0.15, 0.2) is 0 Å². The molecule has 0 heterocycles. The highest BCUT2D eigenvalue weighted by Gasteiger charge is 2.12. The van der Waals surface area contributed by atoms with Crippen LogP contribution < -0.4 is 10.6 Å². The quantitative estimate of drug-likeness (QED) is 0.600. The SMILES string of the molecule is CCCNC(=O)NC(CC)CC(=O)O. The van der Waals surface area contributed by atoms with Crippen molar-refractivity contribution in [2.45, 2.75) is 39.2 Å². The van der Waals surface area contributed by atoms with E-state index < -0.39 is 5.97 Å². The fourth-order valence-corrected chi connectivity index (χ4v) is 0.983. The molecule has 82 valence electrons. The van der Waals surface area contributed by atoms with Gasteiger partial charge in [0, 0.05) is 12.6 Å². The number of carbonyl (C=O) groups is 2. The molecule has 14 heavy (non-hydrogen) atoms. The normalized spacial score (nSPS) is 11.9. The van der Waals surface area contributed by atoms with E-state index in [9.17, 15) is 9.59 Å². The number of rotatable bonds is 6. The molecule has 3 N–H and O–H groups in total. The van der Waals surface area contributed by atoms with Crippen LogP contribution in [0.25, 0.3) is 0 Å². The maximum Gasteiger partial charge on any atom is 0.315 e. The number of urea groups is 1. The van der Waals surface area contributed by atoms with Gasteiger partial charge in [0.1, 0.15) is 0 Å². The fourth-order valence-electron chi connectivity index (χ4n) is 0.983. The number of carbonyl (C=O) groups excluding carboxylic acids is 1. The van der Waals surface area contributed by atoms with Gasteiger partial charge in [0.05, 0.1) is 6.42 Å². The Morgan fingerprint density at radius 1 is 1.36 bits per heavy atom. The Bertz CT molecular complexity index is 194. The highest BCUT2D eigenvalue weighted by atomic mass is 16.4. The van der Waals surface area contributed by atoms with E-state index in [1.165, 1.54) is 0 Å². The minimum atomic E-state index is -0.896. The van der Waals surface area contributed by atoms with Gasteiger partial charge in [0.2, 0.25) is 0 Å². The standard InChI is InChI=1S/C9H18N2O3/c1-3-5-10-9(14)11-7(4-2)6-8(12)13/h7H,3-6H2,1-2H3,(H,12,13)(H2,10,11,14). The zero-order valence-corrected chi connectivity index (χ0v) is 8.67. The molecule has 1 unspecified atom stereocenters. The largest absolute Gasteiger partial charge is 0.481 e. The second kappa shape index (κ2) is 7.17. The predicted octanol–water partition coefficient (Wildman–Crippen LogP) is 0.949. The molecule has 5 nitrogen and oxygen atoms in total. The molecule has 0 aliphatic rings. The first-order valence-electron chi connectivity index (χ1n) is 4.86. The third-order valence-corrected chi connectivity index (χ3v) is 1.78. The molecule has 0 aliphatic heterocycles. The molecular formula is C9H18N2O3. The molecule has 5 heteroatoms. The van der Waals surface area contributed by atoms with Gasteiger partial charge in [0.25, 0.3) is 0 Å². The smallest absolute Gasteiger partial charge is 0.315 e. The maximum absolute atomic E-state index is 11.1. The van der Waals surface area contributed by atoms with Crippen molar-refractivity contribution in [1.29, 1.82) is 0 Å². The summed E-state index contributed by atoms with van der Waals surface area (Å²) in [4.78, 5) is 21.5. The van der Waals surface area contributed by atoms with Gasteiger partial charge >= 0.3 is 12.0 Å². The molecule has 0 saturated heterocycles. The summed E-state index contributed by atoms with van der Waals surface area (Å²) in [6, 6.07) is -0.579. The zero-order valence-electron chi connectivity index (χ0n) is 8.67. The number of aliphatic carboxylic acids is 1.